The SMILES string of the molecule is O=C(Nc1nc(-c2ccccn2)cs1)c1ccc([N+](=O)[O-])cc1F. The van der Waals surface area contributed by atoms with Gasteiger partial charge in [0.15, 0.2) is 5.13 Å². The molecule has 24 heavy (non-hydrogen) atoms. The summed E-state index contributed by atoms with van der Waals surface area (Å²) in [5, 5.41) is 15.0. The first-order chi connectivity index (χ1) is 11.5. The van der Waals surface area contributed by atoms with Crippen molar-refractivity contribution in [3.8, 4) is 11.4 Å². The van der Waals surface area contributed by atoms with Crippen LogP contribution in [-0.4, -0.2) is 20.8 Å². The smallest absolute Gasteiger partial charge is 0.272 e. The first kappa shape index (κ1) is 15.7. The summed E-state index contributed by atoms with van der Waals surface area (Å²) in [7, 11) is 0. The van der Waals surface area contributed by atoms with Gasteiger partial charge in [0.2, 0.25) is 0 Å². The predicted octanol–water partition coefficient (Wildman–Crippen LogP) is 3.50. The number of pyridine rings is 1. The summed E-state index contributed by atoms with van der Waals surface area (Å²) < 4.78 is 13.8. The Morgan fingerprint density at radius 3 is 2.75 bits per heavy atom. The van der Waals surface area contributed by atoms with Gasteiger partial charge >= 0.3 is 0 Å². The van der Waals surface area contributed by atoms with Crippen LogP contribution in [-0.2, 0) is 0 Å². The fourth-order valence-electron chi connectivity index (χ4n) is 1.93. The highest BCUT2D eigenvalue weighted by atomic mass is 32.1. The van der Waals surface area contributed by atoms with Crippen molar-refractivity contribution in [2.75, 3.05) is 5.32 Å². The Kier molecular flexibility index (Phi) is 4.25. The summed E-state index contributed by atoms with van der Waals surface area (Å²) in [5.41, 5.74) is 0.516. The summed E-state index contributed by atoms with van der Waals surface area (Å²) in [4.78, 5) is 30.3. The quantitative estimate of drug-likeness (QED) is 0.577. The first-order valence-corrected chi connectivity index (χ1v) is 7.55. The molecule has 3 aromatic rings. The maximum Gasteiger partial charge on any atom is 0.272 e. The van der Waals surface area contributed by atoms with Crippen molar-refractivity contribution in [1.82, 2.24) is 9.97 Å². The number of hydrogen-bond acceptors (Lipinski definition) is 6. The van der Waals surface area contributed by atoms with Gasteiger partial charge in [-0.1, -0.05) is 6.07 Å². The van der Waals surface area contributed by atoms with Gasteiger partial charge in [0.1, 0.15) is 11.5 Å². The van der Waals surface area contributed by atoms with E-state index in [1.807, 2.05) is 6.07 Å². The van der Waals surface area contributed by atoms with Gasteiger partial charge in [-0.25, -0.2) is 9.37 Å². The molecule has 0 saturated heterocycles. The van der Waals surface area contributed by atoms with E-state index in [1.54, 1.807) is 23.7 Å². The molecule has 0 aliphatic heterocycles. The van der Waals surface area contributed by atoms with Crippen molar-refractivity contribution in [3.63, 3.8) is 0 Å². The molecule has 7 nitrogen and oxygen atoms in total. The van der Waals surface area contributed by atoms with Crippen LogP contribution in [0.1, 0.15) is 10.4 Å². The molecule has 1 aromatic carbocycles. The Morgan fingerprint density at radius 1 is 1.25 bits per heavy atom. The van der Waals surface area contributed by atoms with E-state index in [9.17, 15) is 19.3 Å². The number of nitro benzene ring substituents is 1. The molecule has 2 heterocycles. The number of non-ortho nitro benzene ring substituents is 1. The molecule has 0 spiro atoms. The number of halogens is 1. The Hall–Kier alpha value is -3.20. The molecule has 0 fully saturated rings. The van der Waals surface area contributed by atoms with Crippen LogP contribution in [0.4, 0.5) is 15.2 Å². The number of carbonyl (C=O) groups is 1. The zero-order chi connectivity index (χ0) is 17.1. The van der Waals surface area contributed by atoms with Gasteiger partial charge < -0.3 is 0 Å². The lowest BCUT2D eigenvalue weighted by Crippen LogP contribution is -2.13. The van der Waals surface area contributed by atoms with E-state index in [0.717, 1.165) is 12.1 Å². The molecular weight excluding hydrogens is 335 g/mol. The number of hydrogen-bond donors (Lipinski definition) is 1. The van der Waals surface area contributed by atoms with Gasteiger partial charge in [-0.2, -0.15) is 0 Å². The summed E-state index contributed by atoms with van der Waals surface area (Å²) in [6.07, 6.45) is 1.62. The highest BCUT2D eigenvalue weighted by Crippen LogP contribution is 2.24. The lowest BCUT2D eigenvalue weighted by molar-refractivity contribution is -0.385. The van der Waals surface area contributed by atoms with Gasteiger partial charge in [0, 0.05) is 17.6 Å². The van der Waals surface area contributed by atoms with E-state index in [2.05, 4.69) is 15.3 Å². The average Bonchev–Trinajstić information content (AvgIpc) is 3.03. The van der Waals surface area contributed by atoms with Crippen LogP contribution < -0.4 is 5.32 Å². The predicted molar refractivity (Wildman–Crippen MR) is 86.4 cm³/mol. The number of nitrogens with one attached hydrogen (secondary N) is 1. The number of amides is 1. The molecule has 0 saturated carbocycles. The first-order valence-electron chi connectivity index (χ1n) is 6.67. The third-order valence-corrected chi connectivity index (χ3v) is 3.82. The second-order valence-corrected chi connectivity index (χ2v) is 5.49. The van der Waals surface area contributed by atoms with E-state index < -0.39 is 22.3 Å². The van der Waals surface area contributed by atoms with E-state index in [4.69, 9.17) is 0 Å². The van der Waals surface area contributed by atoms with Crippen LogP contribution >= 0.6 is 11.3 Å². The second-order valence-electron chi connectivity index (χ2n) is 4.63. The highest BCUT2D eigenvalue weighted by Gasteiger charge is 2.17. The minimum atomic E-state index is -0.969. The number of carbonyl (C=O) groups excluding carboxylic acids is 1. The zero-order valence-corrected chi connectivity index (χ0v) is 12.8. The maximum atomic E-state index is 13.8. The van der Waals surface area contributed by atoms with Crippen molar-refractivity contribution >= 4 is 28.1 Å². The van der Waals surface area contributed by atoms with E-state index in [0.29, 0.717) is 17.5 Å². The molecule has 0 unspecified atom stereocenters. The Labute approximate surface area is 139 Å². The zero-order valence-electron chi connectivity index (χ0n) is 12.0. The van der Waals surface area contributed by atoms with Crippen LogP contribution in [0.5, 0.6) is 0 Å². The summed E-state index contributed by atoms with van der Waals surface area (Å²) in [6, 6.07) is 8.20. The largest absolute Gasteiger partial charge is 0.298 e. The number of rotatable bonds is 4. The molecule has 0 aliphatic rings. The van der Waals surface area contributed by atoms with Crippen molar-refractivity contribution in [2.24, 2.45) is 0 Å². The number of anilines is 1. The van der Waals surface area contributed by atoms with E-state index >= 15 is 0 Å². The molecule has 1 amide bonds. The van der Waals surface area contributed by atoms with E-state index in [1.165, 1.54) is 11.3 Å². The maximum absolute atomic E-state index is 13.8. The molecule has 120 valence electrons. The van der Waals surface area contributed by atoms with Gasteiger partial charge in [-0.05, 0) is 18.2 Å². The normalized spacial score (nSPS) is 10.4. The topological polar surface area (TPSA) is 98.0 Å². The second kappa shape index (κ2) is 6.50. The van der Waals surface area contributed by atoms with Gasteiger partial charge in [0.05, 0.1) is 22.2 Å². The molecule has 2 aromatic heterocycles. The van der Waals surface area contributed by atoms with Crippen molar-refractivity contribution in [3.05, 3.63) is 69.5 Å². The third-order valence-electron chi connectivity index (χ3n) is 3.06. The van der Waals surface area contributed by atoms with Crippen LogP contribution in [0.3, 0.4) is 0 Å². The number of benzene rings is 1. The summed E-state index contributed by atoms with van der Waals surface area (Å²) >= 11 is 1.17. The van der Waals surface area contributed by atoms with Crippen LogP contribution in [0.2, 0.25) is 0 Å². The fraction of sp³-hybridized carbons (Fsp3) is 0. The highest BCUT2D eigenvalue weighted by molar-refractivity contribution is 7.14. The Balaban J connectivity index is 1.78. The molecule has 9 heteroatoms. The molecule has 0 radical (unpaired) electrons. The van der Waals surface area contributed by atoms with E-state index in [-0.39, 0.29) is 10.7 Å². The van der Waals surface area contributed by atoms with Crippen LogP contribution in [0, 0.1) is 15.9 Å². The third kappa shape index (κ3) is 3.25. The number of nitrogens with zero attached hydrogens (tertiary/aromatic N) is 3. The average molecular weight is 344 g/mol. The molecule has 0 atom stereocenters. The Bertz CT molecular complexity index is 914. The fourth-order valence-corrected chi connectivity index (χ4v) is 2.63. The lowest BCUT2D eigenvalue weighted by Gasteiger charge is -2.03. The summed E-state index contributed by atoms with van der Waals surface area (Å²) in [5.74, 6) is -1.70. The molecule has 0 bridgehead atoms. The standard InChI is InChI=1S/C15H9FN4O3S/c16-11-7-9(20(22)23)4-5-10(11)14(21)19-15-18-13(8-24-15)12-3-1-2-6-17-12/h1-8H,(H,18,19,21). The molecule has 0 aliphatic carbocycles. The summed E-state index contributed by atoms with van der Waals surface area (Å²) in [6.45, 7) is 0. The molecule has 1 N–H and O–H groups in total. The van der Waals surface area contributed by atoms with Gasteiger partial charge in [0.25, 0.3) is 11.6 Å². The Morgan fingerprint density at radius 2 is 2.08 bits per heavy atom. The van der Waals surface area contributed by atoms with Crippen LogP contribution in [0.15, 0.2) is 48.0 Å². The van der Waals surface area contributed by atoms with Crippen LogP contribution in [0.25, 0.3) is 11.4 Å². The lowest BCUT2D eigenvalue weighted by atomic mass is 10.2. The molecule has 3 rings (SSSR count). The number of nitro groups is 1. The van der Waals surface area contributed by atoms with Gasteiger partial charge in [-0.15, -0.1) is 11.3 Å². The van der Waals surface area contributed by atoms with Crippen molar-refractivity contribution < 1.29 is 14.1 Å². The minimum absolute atomic E-state index is 0.276. The monoisotopic (exact) mass is 344 g/mol. The van der Waals surface area contributed by atoms with Crippen molar-refractivity contribution in [2.45, 2.75) is 0 Å². The van der Waals surface area contributed by atoms with Crippen molar-refractivity contribution in [1.29, 1.82) is 0 Å². The van der Waals surface area contributed by atoms with Gasteiger partial charge in [-0.3, -0.25) is 25.2 Å². The minimum Gasteiger partial charge on any atom is -0.298 e. The number of aromatic nitrogens is 2. The molecular formula is C15H9FN4O3S. The number of thiazole rings is 1.